The van der Waals surface area contributed by atoms with Crippen molar-refractivity contribution in [2.24, 2.45) is 0 Å². The van der Waals surface area contributed by atoms with Gasteiger partial charge in [0.2, 0.25) is 0 Å². The summed E-state index contributed by atoms with van der Waals surface area (Å²) >= 11 is 0. The molecule has 0 unspecified atom stereocenters. The number of nitrogens with zero attached hydrogens (tertiary/aromatic N) is 1. The van der Waals surface area contributed by atoms with E-state index >= 15 is 0 Å². The Kier molecular flexibility index (Phi) is 4.15. The lowest BCUT2D eigenvalue weighted by Gasteiger charge is -2.33. The number of ether oxygens (including phenoxy) is 3. The first kappa shape index (κ1) is 14.6. The van der Waals surface area contributed by atoms with Gasteiger partial charge in [-0.25, -0.2) is 0 Å². The molecule has 1 aromatic carbocycles. The van der Waals surface area contributed by atoms with Crippen LogP contribution < -0.4 is 9.47 Å². The Morgan fingerprint density at radius 1 is 1.23 bits per heavy atom. The molecule has 0 bridgehead atoms. The van der Waals surface area contributed by atoms with Crippen molar-refractivity contribution in [1.29, 1.82) is 0 Å². The summed E-state index contributed by atoms with van der Waals surface area (Å²) in [5, 5.41) is 8.85. The molecule has 3 rings (SSSR count). The van der Waals surface area contributed by atoms with Gasteiger partial charge < -0.3 is 24.2 Å². The van der Waals surface area contributed by atoms with Gasteiger partial charge >= 0.3 is 5.97 Å². The van der Waals surface area contributed by atoms with Crippen molar-refractivity contribution in [3.8, 4) is 11.5 Å². The molecule has 118 valence electrons. The van der Waals surface area contributed by atoms with E-state index in [1.807, 2.05) is 0 Å². The molecule has 1 amide bonds. The maximum absolute atomic E-state index is 12.7. The number of hydrogen-bond acceptors (Lipinski definition) is 5. The molecule has 0 aliphatic carbocycles. The lowest BCUT2D eigenvalue weighted by Crippen LogP contribution is -2.46. The van der Waals surface area contributed by atoms with Gasteiger partial charge in [0.05, 0.1) is 24.7 Å². The maximum Gasteiger partial charge on any atom is 0.306 e. The van der Waals surface area contributed by atoms with E-state index in [1.165, 1.54) is 0 Å². The number of morpholine rings is 1. The summed E-state index contributed by atoms with van der Waals surface area (Å²) < 4.78 is 16.4. The van der Waals surface area contributed by atoms with Crippen molar-refractivity contribution in [1.82, 2.24) is 4.90 Å². The zero-order chi connectivity index (χ0) is 15.5. The summed E-state index contributed by atoms with van der Waals surface area (Å²) in [5.41, 5.74) is 0.438. The molecule has 7 nitrogen and oxygen atoms in total. The Balaban J connectivity index is 1.77. The monoisotopic (exact) mass is 307 g/mol. The molecule has 1 atom stereocenters. The molecule has 22 heavy (non-hydrogen) atoms. The molecule has 0 aromatic heterocycles. The molecule has 1 N–H and O–H groups in total. The summed E-state index contributed by atoms with van der Waals surface area (Å²) in [7, 11) is 0. The lowest BCUT2D eigenvalue weighted by atomic mass is 10.1. The van der Waals surface area contributed by atoms with Crippen molar-refractivity contribution in [2.45, 2.75) is 12.5 Å². The van der Waals surface area contributed by atoms with E-state index < -0.39 is 12.1 Å². The van der Waals surface area contributed by atoms with Crippen LogP contribution in [0, 0.1) is 0 Å². The first-order valence-corrected chi connectivity index (χ1v) is 7.16. The van der Waals surface area contributed by atoms with Crippen LogP contribution in [-0.4, -0.2) is 60.9 Å². The molecule has 7 heteroatoms. The number of hydrogen-bond donors (Lipinski definition) is 1. The second-order valence-electron chi connectivity index (χ2n) is 5.17. The number of para-hydroxylation sites is 1. The number of rotatable bonds is 3. The Morgan fingerprint density at radius 3 is 2.86 bits per heavy atom. The van der Waals surface area contributed by atoms with E-state index in [2.05, 4.69) is 0 Å². The quantitative estimate of drug-likeness (QED) is 0.888. The van der Waals surface area contributed by atoms with E-state index in [0.29, 0.717) is 43.4 Å². The molecule has 2 aliphatic heterocycles. The van der Waals surface area contributed by atoms with Crippen molar-refractivity contribution in [2.75, 3.05) is 32.9 Å². The van der Waals surface area contributed by atoms with E-state index in [-0.39, 0.29) is 18.9 Å². The van der Waals surface area contributed by atoms with Gasteiger partial charge in [0.25, 0.3) is 5.91 Å². The standard InChI is InChI=1S/C15H17NO6/c17-13(18)8-10-9-16(4-5-20-10)15(19)11-2-1-3-12-14(11)22-7-6-21-12/h1-3,10H,4-9H2,(H,17,18)/t10-/m0/s1. The predicted octanol–water partition coefficient (Wildman–Crippen LogP) is 0.773. The van der Waals surface area contributed by atoms with Crippen molar-refractivity contribution in [3.05, 3.63) is 23.8 Å². The molecule has 1 fully saturated rings. The molecule has 2 aliphatic rings. The van der Waals surface area contributed by atoms with Crippen LogP contribution in [0.3, 0.4) is 0 Å². The van der Waals surface area contributed by atoms with E-state index in [9.17, 15) is 9.59 Å². The number of aliphatic carboxylic acids is 1. The number of benzene rings is 1. The number of fused-ring (bicyclic) bond motifs is 1. The zero-order valence-corrected chi connectivity index (χ0v) is 12.0. The van der Waals surface area contributed by atoms with Gasteiger partial charge in [-0.3, -0.25) is 9.59 Å². The van der Waals surface area contributed by atoms with Crippen LogP contribution in [0.15, 0.2) is 18.2 Å². The van der Waals surface area contributed by atoms with Gasteiger partial charge in [-0.1, -0.05) is 6.07 Å². The van der Waals surface area contributed by atoms with Crippen LogP contribution in [0.25, 0.3) is 0 Å². The minimum absolute atomic E-state index is 0.115. The summed E-state index contributed by atoms with van der Waals surface area (Å²) in [6.45, 7) is 1.89. The molecule has 1 aromatic rings. The van der Waals surface area contributed by atoms with E-state index in [0.717, 1.165) is 0 Å². The average molecular weight is 307 g/mol. The Morgan fingerprint density at radius 2 is 2.05 bits per heavy atom. The Hall–Kier alpha value is -2.28. The second-order valence-corrected chi connectivity index (χ2v) is 5.17. The minimum atomic E-state index is -0.937. The lowest BCUT2D eigenvalue weighted by molar-refractivity contribution is -0.141. The molecule has 2 heterocycles. The summed E-state index contributed by atoms with van der Waals surface area (Å²) in [4.78, 5) is 25.1. The smallest absolute Gasteiger partial charge is 0.306 e. The van der Waals surface area contributed by atoms with Crippen LogP contribution in [-0.2, 0) is 9.53 Å². The van der Waals surface area contributed by atoms with Gasteiger partial charge in [-0.2, -0.15) is 0 Å². The average Bonchev–Trinajstić information content (AvgIpc) is 2.53. The highest BCUT2D eigenvalue weighted by molar-refractivity contribution is 5.98. The van der Waals surface area contributed by atoms with Gasteiger partial charge in [0.15, 0.2) is 11.5 Å². The predicted molar refractivity (Wildman–Crippen MR) is 75.3 cm³/mol. The highest BCUT2D eigenvalue weighted by Crippen LogP contribution is 2.34. The fraction of sp³-hybridized carbons (Fsp3) is 0.467. The molecule has 0 radical (unpaired) electrons. The first-order valence-electron chi connectivity index (χ1n) is 7.16. The normalized spacial score (nSPS) is 20.5. The third-order valence-electron chi connectivity index (χ3n) is 3.62. The minimum Gasteiger partial charge on any atom is -0.486 e. The Labute approximate surface area is 127 Å². The van der Waals surface area contributed by atoms with Crippen molar-refractivity contribution < 1.29 is 28.9 Å². The number of carboxylic acids is 1. The summed E-state index contributed by atoms with van der Waals surface area (Å²) in [5.74, 6) is -0.110. The fourth-order valence-electron chi connectivity index (χ4n) is 2.63. The second kappa shape index (κ2) is 6.23. The number of amides is 1. The molecule has 1 saturated heterocycles. The SMILES string of the molecule is O=C(O)C[C@H]1CN(C(=O)c2cccc3c2OCCO3)CCO1. The van der Waals surface area contributed by atoms with Gasteiger partial charge in [0, 0.05) is 13.1 Å². The van der Waals surface area contributed by atoms with E-state index in [1.54, 1.807) is 23.1 Å². The maximum atomic E-state index is 12.7. The van der Waals surface area contributed by atoms with Crippen LogP contribution in [0.4, 0.5) is 0 Å². The van der Waals surface area contributed by atoms with Crippen LogP contribution in [0.5, 0.6) is 11.5 Å². The topological polar surface area (TPSA) is 85.3 Å². The molecular weight excluding hydrogens is 290 g/mol. The third-order valence-corrected chi connectivity index (χ3v) is 3.62. The zero-order valence-electron chi connectivity index (χ0n) is 12.0. The third kappa shape index (κ3) is 2.99. The Bertz CT molecular complexity index is 587. The van der Waals surface area contributed by atoms with Gasteiger partial charge in [0.1, 0.15) is 13.2 Å². The van der Waals surface area contributed by atoms with E-state index in [4.69, 9.17) is 19.3 Å². The van der Waals surface area contributed by atoms with Gasteiger partial charge in [-0.05, 0) is 12.1 Å². The highest BCUT2D eigenvalue weighted by Gasteiger charge is 2.29. The van der Waals surface area contributed by atoms with Crippen LogP contribution >= 0.6 is 0 Å². The number of carbonyl (C=O) groups is 2. The number of carboxylic acid groups (broad SMARTS) is 1. The van der Waals surface area contributed by atoms with Crippen molar-refractivity contribution >= 4 is 11.9 Å². The molecule has 0 spiro atoms. The number of carbonyl (C=O) groups excluding carboxylic acids is 1. The largest absolute Gasteiger partial charge is 0.486 e. The highest BCUT2D eigenvalue weighted by atomic mass is 16.6. The fourth-order valence-corrected chi connectivity index (χ4v) is 2.63. The molecule has 0 saturated carbocycles. The van der Waals surface area contributed by atoms with Crippen LogP contribution in [0.1, 0.15) is 16.8 Å². The summed E-state index contributed by atoms with van der Waals surface area (Å²) in [6.07, 6.45) is -0.595. The molecular formula is C15H17NO6. The van der Waals surface area contributed by atoms with Gasteiger partial charge in [-0.15, -0.1) is 0 Å². The summed E-state index contributed by atoms with van der Waals surface area (Å²) in [6, 6.07) is 5.20. The first-order chi connectivity index (χ1) is 10.6. The van der Waals surface area contributed by atoms with Crippen molar-refractivity contribution in [3.63, 3.8) is 0 Å². The van der Waals surface area contributed by atoms with Crippen LogP contribution in [0.2, 0.25) is 0 Å².